The van der Waals surface area contributed by atoms with Gasteiger partial charge in [0.05, 0.1) is 25.3 Å². The number of aliphatic hydroxyl groups excluding tert-OH is 1. The summed E-state index contributed by atoms with van der Waals surface area (Å²) >= 11 is 0. The number of rotatable bonds is 8. The van der Waals surface area contributed by atoms with Gasteiger partial charge in [-0.1, -0.05) is 51.1 Å². The summed E-state index contributed by atoms with van der Waals surface area (Å²) in [6.07, 6.45) is 0.792. The fourth-order valence-corrected chi connectivity index (χ4v) is 2.29. The highest BCUT2D eigenvalue weighted by Gasteiger charge is 2.31. The number of hydrogen-bond donors (Lipinski definition) is 3. The van der Waals surface area contributed by atoms with Crippen molar-refractivity contribution in [3.63, 3.8) is 0 Å². The van der Waals surface area contributed by atoms with Crippen molar-refractivity contribution in [1.29, 1.82) is 0 Å². The zero-order valence-corrected chi connectivity index (χ0v) is 13.9. The third-order valence-corrected chi connectivity index (χ3v) is 3.79. The Hall–Kier alpha value is -1.59. The first-order chi connectivity index (χ1) is 10.4. The molecule has 0 unspecified atom stereocenters. The van der Waals surface area contributed by atoms with Crippen molar-refractivity contribution < 1.29 is 14.6 Å². The highest BCUT2D eigenvalue weighted by Crippen LogP contribution is 2.32. The first kappa shape index (κ1) is 18.5. The number of benzene rings is 1. The van der Waals surface area contributed by atoms with Crippen LogP contribution in [0.15, 0.2) is 30.3 Å². The van der Waals surface area contributed by atoms with Gasteiger partial charge in [0.25, 0.3) is 0 Å². The van der Waals surface area contributed by atoms with Gasteiger partial charge in [0.2, 0.25) is 0 Å². The Kier molecular flexibility index (Phi) is 7.35. The molecule has 22 heavy (non-hydrogen) atoms. The number of carbonyl (C=O) groups is 1. The topological polar surface area (TPSA) is 70.6 Å². The molecule has 0 aliphatic heterocycles. The van der Waals surface area contributed by atoms with Crippen LogP contribution in [0.25, 0.3) is 0 Å². The van der Waals surface area contributed by atoms with Gasteiger partial charge in [0, 0.05) is 12.5 Å². The second-order valence-corrected chi connectivity index (χ2v) is 6.17. The average molecular weight is 308 g/mol. The third kappa shape index (κ3) is 5.31. The van der Waals surface area contributed by atoms with Crippen molar-refractivity contribution in [3.8, 4) is 0 Å². The fraction of sp³-hybridized carbons (Fsp3) is 0.588. The SMILES string of the molecule is CC[C@@H](COC)NC(=O)N[C@@H](c1ccccc1)C(C)(C)CO. The van der Waals surface area contributed by atoms with Crippen molar-refractivity contribution in [2.24, 2.45) is 5.41 Å². The molecule has 5 nitrogen and oxygen atoms in total. The quantitative estimate of drug-likeness (QED) is 0.691. The molecule has 0 radical (unpaired) electrons. The summed E-state index contributed by atoms with van der Waals surface area (Å²) in [6, 6.07) is 9.13. The van der Waals surface area contributed by atoms with Gasteiger partial charge in [-0.2, -0.15) is 0 Å². The molecule has 1 rings (SSSR count). The smallest absolute Gasteiger partial charge is 0.315 e. The first-order valence-corrected chi connectivity index (χ1v) is 7.66. The van der Waals surface area contributed by atoms with Crippen molar-refractivity contribution in [2.75, 3.05) is 20.3 Å². The van der Waals surface area contributed by atoms with Crippen molar-refractivity contribution in [1.82, 2.24) is 10.6 Å². The molecule has 3 N–H and O–H groups in total. The van der Waals surface area contributed by atoms with E-state index in [1.807, 2.05) is 51.1 Å². The highest BCUT2D eigenvalue weighted by molar-refractivity contribution is 5.75. The molecule has 1 aromatic carbocycles. The summed E-state index contributed by atoms with van der Waals surface area (Å²) in [5.41, 5.74) is 0.498. The lowest BCUT2D eigenvalue weighted by Gasteiger charge is -2.34. The van der Waals surface area contributed by atoms with E-state index in [1.165, 1.54) is 0 Å². The number of ether oxygens (including phenoxy) is 1. The van der Waals surface area contributed by atoms with Gasteiger partial charge in [-0.3, -0.25) is 0 Å². The third-order valence-electron chi connectivity index (χ3n) is 3.79. The summed E-state index contributed by atoms with van der Waals surface area (Å²) in [7, 11) is 1.61. The van der Waals surface area contributed by atoms with Crippen molar-refractivity contribution in [2.45, 2.75) is 39.3 Å². The number of amides is 2. The van der Waals surface area contributed by atoms with Crippen LogP contribution in [0.1, 0.15) is 38.8 Å². The molecule has 0 aliphatic rings. The highest BCUT2D eigenvalue weighted by atomic mass is 16.5. The number of carbonyl (C=O) groups excluding carboxylic acids is 1. The van der Waals surface area contributed by atoms with Gasteiger partial charge in [-0.05, 0) is 12.0 Å². The predicted molar refractivity (Wildman–Crippen MR) is 87.7 cm³/mol. The van der Waals surface area contributed by atoms with Gasteiger partial charge >= 0.3 is 6.03 Å². The van der Waals surface area contributed by atoms with Crippen LogP contribution in [0.4, 0.5) is 4.79 Å². The van der Waals surface area contributed by atoms with E-state index in [4.69, 9.17) is 4.74 Å². The van der Waals surface area contributed by atoms with Crippen LogP contribution in [0.3, 0.4) is 0 Å². The van der Waals surface area contributed by atoms with Gasteiger partial charge in [0.1, 0.15) is 0 Å². The van der Waals surface area contributed by atoms with E-state index in [-0.39, 0.29) is 24.7 Å². The Morgan fingerprint density at radius 2 is 1.91 bits per heavy atom. The van der Waals surface area contributed by atoms with Crippen LogP contribution in [0.2, 0.25) is 0 Å². The van der Waals surface area contributed by atoms with E-state index in [1.54, 1.807) is 7.11 Å². The minimum atomic E-state index is -0.471. The van der Waals surface area contributed by atoms with E-state index < -0.39 is 5.41 Å². The Morgan fingerprint density at radius 3 is 2.41 bits per heavy atom. The maximum Gasteiger partial charge on any atom is 0.315 e. The lowest BCUT2D eigenvalue weighted by Crippen LogP contribution is -2.48. The van der Waals surface area contributed by atoms with E-state index in [0.717, 1.165) is 12.0 Å². The molecule has 5 heteroatoms. The summed E-state index contributed by atoms with van der Waals surface area (Å²) < 4.78 is 5.09. The standard InChI is InChI=1S/C17H28N2O3/c1-5-14(11-22-4)18-16(21)19-15(17(2,3)12-20)13-9-7-6-8-10-13/h6-10,14-15,20H,5,11-12H2,1-4H3,(H2,18,19,21)/t14-,15-/m0/s1. The van der Waals surface area contributed by atoms with Crippen LogP contribution in [-0.2, 0) is 4.74 Å². The number of nitrogens with one attached hydrogen (secondary N) is 2. The molecule has 2 atom stereocenters. The van der Waals surface area contributed by atoms with Crippen LogP contribution < -0.4 is 10.6 Å². The number of methoxy groups -OCH3 is 1. The van der Waals surface area contributed by atoms with Crippen LogP contribution in [0.5, 0.6) is 0 Å². The summed E-state index contributed by atoms with van der Waals surface area (Å²) in [5.74, 6) is 0. The zero-order chi connectivity index (χ0) is 16.6. The molecule has 0 heterocycles. The largest absolute Gasteiger partial charge is 0.396 e. The number of hydrogen-bond acceptors (Lipinski definition) is 3. The predicted octanol–water partition coefficient (Wildman–Crippen LogP) is 2.47. The molecule has 1 aromatic rings. The van der Waals surface area contributed by atoms with E-state index in [9.17, 15) is 9.90 Å². The second kappa shape index (κ2) is 8.76. The maximum absolute atomic E-state index is 12.3. The Morgan fingerprint density at radius 1 is 1.27 bits per heavy atom. The molecule has 0 bridgehead atoms. The monoisotopic (exact) mass is 308 g/mol. The molecular weight excluding hydrogens is 280 g/mol. The molecule has 0 fully saturated rings. The van der Waals surface area contributed by atoms with Gasteiger partial charge in [0.15, 0.2) is 0 Å². The van der Waals surface area contributed by atoms with Crippen molar-refractivity contribution in [3.05, 3.63) is 35.9 Å². The normalized spacial score (nSPS) is 14.2. The molecule has 0 saturated carbocycles. The van der Waals surface area contributed by atoms with Crippen molar-refractivity contribution >= 4 is 6.03 Å². The Bertz CT molecular complexity index is 448. The van der Waals surface area contributed by atoms with Crippen LogP contribution in [-0.4, -0.2) is 37.5 Å². The molecule has 2 amide bonds. The molecule has 0 spiro atoms. The lowest BCUT2D eigenvalue weighted by atomic mass is 9.81. The van der Waals surface area contributed by atoms with Gasteiger partial charge < -0.3 is 20.5 Å². The Labute approximate surface area is 133 Å². The van der Waals surface area contributed by atoms with Crippen LogP contribution in [0, 0.1) is 5.41 Å². The fourth-order valence-electron chi connectivity index (χ4n) is 2.29. The Balaban J connectivity index is 2.84. The summed E-state index contributed by atoms with van der Waals surface area (Å²) in [4.78, 5) is 12.3. The van der Waals surface area contributed by atoms with E-state index >= 15 is 0 Å². The molecule has 0 aliphatic carbocycles. The lowest BCUT2D eigenvalue weighted by molar-refractivity contribution is 0.116. The molecular formula is C17H28N2O3. The summed E-state index contributed by atoms with van der Waals surface area (Å²) in [6.45, 7) is 6.30. The average Bonchev–Trinajstić information content (AvgIpc) is 2.52. The van der Waals surface area contributed by atoms with Gasteiger partial charge in [-0.25, -0.2) is 4.79 Å². The van der Waals surface area contributed by atoms with E-state index in [0.29, 0.717) is 6.61 Å². The first-order valence-electron chi connectivity index (χ1n) is 7.66. The summed E-state index contributed by atoms with van der Waals surface area (Å²) in [5, 5.41) is 15.5. The zero-order valence-electron chi connectivity index (χ0n) is 13.9. The molecule has 0 aromatic heterocycles. The maximum atomic E-state index is 12.3. The van der Waals surface area contributed by atoms with Crippen LogP contribution >= 0.6 is 0 Å². The number of urea groups is 1. The van der Waals surface area contributed by atoms with E-state index in [2.05, 4.69) is 10.6 Å². The molecule has 124 valence electrons. The minimum absolute atomic E-state index is 0.0257. The van der Waals surface area contributed by atoms with Gasteiger partial charge in [-0.15, -0.1) is 0 Å². The minimum Gasteiger partial charge on any atom is -0.396 e. The number of aliphatic hydroxyl groups is 1. The molecule has 0 saturated heterocycles. The second-order valence-electron chi connectivity index (χ2n) is 6.17.